The molecule has 0 radical (unpaired) electrons. The van der Waals surface area contributed by atoms with E-state index in [0.29, 0.717) is 23.0 Å². The fourth-order valence-corrected chi connectivity index (χ4v) is 3.78. The van der Waals surface area contributed by atoms with Gasteiger partial charge in [-0.25, -0.2) is 0 Å². The molecule has 3 aromatic rings. The van der Waals surface area contributed by atoms with Crippen LogP contribution in [-0.2, 0) is 9.53 Å². The smallest absolute Gasteiger partial charge is 0.172 e. The molecule has 0 spiro atoms. The molecule has 26 heavy (non-hydrogen) atoms. The third-order valence-corrected chi connectivity index (χ3v) is 4.89. The lowest BCUT2D eigenvalue weighted by atomic mass is 9.74. The molecule has 2 aromatic carbocycles. The SMILES string of the molecule is CO[C@@H]1c2ccccc2-c2onc3c2[C@@H]1C(=O)C=C3Oc1ccccc1. The number of fused-ring (bicyclic) bond motifs is 2. The predicted octanol–water partition coefficient (Wildman–Crippen LogP) is 4.13. The molecule has 1 aromatic heterocycles. The van der Waals surface area contributed by atoms with E-state index in [2.05, 4.69) is 5.16 Å². The van der Waals surface area contributed by atoms with Crippen LogP contribution in [0.4, 0.5) is 0 Å². The second-order valence-electron chi connectivity index (χ2n) is 6.32. The van der Waals surface area contributed by atoms with Crippen LogP contribution in [0.3, 0.4) is 0 Å². The van der Waals surface area contributed by atoms with Crippen LogP contribution < -0.4 is 4.74 Å². The summed E-state index contributed by atoms with van der Waals surface area (Å²) in [6.45, 7) is 0. The minimum atomic E-state index is -0.478. The monoisotopic (exact) mass is 345 g/mol. The number of rotatable bonds is 3. The minimum absolute atomic E-state index is 0.0748. The Kier molecular flexibility index (Phi) is 3.30. The number of benzene rings is 2. The van der Waals surface area contributed by atoms with Crippen LogP contribution in [0.5, 0.6) is 5.75 Å². The van der Waals surface area contributed by atoms with Crippen LogP contribution in [0.25, 0.3) is 17.1 Å². The van der Waals surface area contributed by atoms with Gasteiger partial charge in [-0.1, -0.05) is 47.6 Å². The maximum atomic E-state index is 12.9. The molecule has 2 atom stereocenters. The number of carbonyl (C=O) groups is 1. The van der Waals surface area contributed by atoms with Gasteiger partial charge in [0.25, 0.3) is 0 Å². The highest BCUT2D eigenvalue weighted by molar-refractivity contribution is 6.06. The molecule has 5 heteroatoms. The van der Waals surface area contributed by atoms with Gasteiger partial charge in [-0.15, -0.1) is 0 Å². The predicted molar refractivity (Wildman–Crippen MR) is 94.5 cm³/mol. The fraction of sp³-hybridized carbons (Fsp3) is 0.143. The number of carbonyl (C=O) groups excluding carboxylic acids is 1. The summed E-state index contributed by atoms with van der Waals surface area (Å²) in [5.41, 5.74) is 3.14. The van der Waals surface area contributed by atoms with Crippen molar-refractivity contribution in [3.05, 3.63) is 77.5 Å². The number of para-hydroxylation sites is 1. The molecular formula is C21H15NO4. The molecule has 0 N–H and O–H groups in total. The van der Waals surface area contributed by atoms with Crippen molar-refractivity contribution in [2.75, 3.05) is 7.11 Å². The number of ketones is 1. The zero-order valence-corrected chi connectivity index (χ0v) is 14.0. The van der Waals surface area contributed by atoms with E-state index in [9.17, 15) is 4.79 Å². The van der Waals surface area contributed by atoms with Gasteiger partial charge in [-0.3, -0.25) is 4.79 Å². The van der Waals surface area contributed by atoms with Crippen LogP contribution in [-0.4, -0.2) is 18.0 Å². The molecule has 0 amide bonds. The maximum Gasteiger partial charge on any atom is 0.172 e. The van der Waals surface area contributed by atoms with Gasteiger partial charge < -0.3 is 14.0 Å². The molecule has 0 bridgehead atoms. The van der Waals surface area contributed by atoms with Gasteiger partial charge in [0.15, 0.2) is 23.0 Å². The third-order valence-electron chi connectivity index (χ3n) is 4.89. The van der Waals surface area contributed by atoms with Gasteiger partial charge in [-0.05, 0) is 17.7 Å². The summed E-state index contributed by atoms with van der Waals surface area (Å²) in [5.74, 6) is 1.10. The number of allylic oxidation sites excluding steroid dienone is 1. The van der Waals surface area contributed by atoms with E-state index >= 15 is 0 Å². The number of ether oxygens (including phenoxy) is 2. The van der Waals surface area contributed by atoms with Crippen molar-refractivity contribution in [3.63, 3.8) is 0 Å². The Morgan fingerprint density at radius 3 is 2.62 bits per heavy atom. The lowest BCUT2D eigenvalue weighted by Crippen LogP contribution is -2.28. The van der Waals surface area contributed by atoms with E-state index in [1.165, 1.54) is 6.08 Å². The lowest BCUT2D eigenvalue weighted by Gasteiger charge is -2.32. The molecule has 5 nitrogen and oxygen atoms in total. The first-order valence-corrected chi connectivity index (χ1v) is 8.38. The van der Waals surface area contributed by atoms with Crippen molar-refractivity contribution < 1.29 is 18.8 Å². The van der Waals surface area contributed by atoms with E-state index in [4.69, 9.17) is 14.0 Å². The number of hydrogen-bond acceptors (Lipinski definition) is 5. The Labute approximate surface area is 149 Å². The van der Waals surface area contributed by atoms with Crippen molar-refractivity contribution in [1.82, 2.24) is 5.16 Å². The van der Waals surface area contributed by atoms with Crippen molar-refractivity contribution in [2.24, 2.45) is 0 Å². The first kappa shape index (κ1) is 15.1. The van der Waals surface area contributed by atoms with Crippen molar-refractivity contribution in [1.29, 1.82) is 0 Å². The van der Waals surface area contributed by atoms with E-state index in [0.717, 1.165) is 16.7 Å². The molecule has 2 aliphatic rings. The van der Waals surface area contributed by atoms with Crippen LogP contribution in [0.2, 0.25) is 0 Å². The van der Waals surface area contributed by atoms with E-state index in [1.54, 1.807) is 7.11 Å². The average Bonchev–Trinajstić information content (AvgIpc) is 3.12. The normalized spacial score (nSPS) is 20.2. The standard InChI is InChI=1S/C21H15NO4/c1-24-20-13-9-5-6-10-14(13)21-18-17(20)15(23)11-16(19(18)22-26-21)25-12-7-3-2-4-8-12/h2-11,17,20H,1H3/t17-,20+/m0/s1. The Hall–Kier alpha value is -3.18. The first-order valence-electron chi connectivity index (χ1n) is 8.38. The van der Waals surface area contributed by atoms with Gasteiger partial charge in [-0.2, -0.15) is 0 Å². The van der Waals surface area contributed by atoms with E-state index < -0.39 is 5.92 Å². The highest BCUT2D eigenvalue weighted by Crippen LogP contribution is 2.52. The van der Waals surface area contributed by atoms with Crippen molar-refractivity contribution in [2.45, 2.75) is 12.0 Å². The highest BCUT2D eigenvalue weighted by atomic mass is 16.5. The third kappa shape index (κ3) is 2.07. The molecule has 2 aliphatic carbocycles. The Balaban J connectivity index is 1.68. The first-order chi connectivity index (χ1) is 12.8. The zero-order valence-electron chi connectivity index (χ0n) is 14.0. The second-order valence-corrected chi connectivity index (χ2v) is 6.32. The molecular weight excluding hydrogens is 330 g/mol. The molecule has 0 saturated carbocycles. The van der Waals surface area contributed by atoms with Gasteiger partial charge in [0.05, 0.1) is 12.0 Å². The summed E-state index contributed by atoms with van der Waals surface area (Å²) in [7, 11) is 1.62. The van der Waals surface area contributed by atoms with Gasteiger partial charge >= 0.3 is 0 Å². The number of aromatic nitrogens is 1. The summed E-state index contributed by atoms with van der Waals surface area (Å²) in [6.07, 6.45) is 1.12. The largest absolute Gasteiger partial charge is 0.455 e. The molecule has 0 fully saturated rings. The van der Waals surface area contributed by atoms with Crippen LogP contribution in [0, 0.1) is 0 Å². The summed E-state index contributed by atoms with van der Waals surface area (Å²) in [6, 6.07) is 17.1. The molecule has 5 rings (SSSR count). The van der Waals surface area contributed by atoms with Gasteiger partial charge in [0.1, 0.15) is 5.75 Å². The van der Waals surface area contributed by atoms with Crippen LogP contribution in [0.15, 0.2) is 65.2 Å². The summed E-state index contributed by atoms with van der Waals surface area (Å²) in [5, 5.41) is 4.22. The van der Waals surface area contributed by atoms with Gasteiger partial charge in [0, 0.05) is 24.3 Å². The Bertz CT molecular complexity index is 1040. The maximum absolute atomic E-state index is 12.9. The average molecular weight is 345 g/mol. The lowest BCUT2D eigenvalue weighted by molar-refractivity contribution is -0.119. The Morgan fingerprint density at radius 1 is 1.04 bits per heavy atom. The molecule has 0 saturated heterocycles. The Morgan fingerprint density at radius 2 is 1.81 bits per heavy atom. The minimum Gasteiger partial charge on any atom is -0.455 e. The number of methoxy groups -OCH3 is 1. The summed E-state index contributed by atoms with van der Waals surface area (Å²) >= 11 is 0. The zero-order chi connectivity index (χ0) is 17.7. The highest BCUT2D eigenvalue weighted by Gasteiger charge is 2.45. The van der Waals surface area contributed by atoms with Gasteiger partial charge in [0.2, 0.25) is 0 Å². The summed E-state index contributed by atoms with van der Waals surface area (Å²) in [4.78, 5) is 12.9. The molecule has 128 valence electrons. The van der Waals surface area contributed by atoms with Crippen LogP contribution in [0.1, 0.15) is 28.8 Å². The molecule has 0 aliphatic heterocycles. The summed E-state index contributed by atoms with van der Waals surface area (Å²) < 4.78 is 17.3. The molecule has 0 unspecified atom stereocenters. The fourth-order valence-electron chi connectivity index (χ4n) is 3.78. The quantitative estimate of drug-likeness (QED) is 0.714. The molecule has 1 heterocycles. The number of hydrogen-bond donors (Lipinski definition) is 0. The second kappa shape index (κ2) is 5.68. The number of nitrogens with zero attached hydrogens (tertiary/aromatic N) is 1. The van der Waals surface area contributed by atoms with E-state index in [-0.39, 0.29) is 11.9 Å². The van der Waals surface area contributed by atoms with Crippen molar-refractivity contribution >= 4 is 11.5 Å². The van der Waals surface area contributed by atoms with Crippen LogP contribution >= 0.6 is 0 Å². The van der Waals surface area contributed by atoms with Crippen molar-refractivity contribution in [3.8, 4) is 17.1 Å². The topological polar surface area (TPSA) is 61.6 Å². The van der Waals surface area contributed by atoms with E-state index in [1.807, 2.05) is 54.6 Å².